The van der Waals surface area contributed by atoms with Gasteiger partial charge in [0.1, 0.15) is 5.82 Å². The minimum Gasteiger partial charge on any atom is -0.399 e. The monoisotopic (exact) mass is 313 g/mol. The third kappa shape index (κ3) is 4.23. The maximum atomic E-state index is 13.6. The summed E-state index contributed by atoms with van der Waals surface area (Å²) in [6, 6.07) is 15.2. The molecule has 0 saturated carbocycles. The Bertz CT molecular complexity index is 619. The lowest BCUT2D eigenvalue weighted by molar-refractivity contribution is 0.255. The van der Waals surface area contributed by atoms with Crippen LogP contribution >= 0.6 is 0 Å². The second-order valence-corrected chi connectivity index (χ2v) is 6.12. The maximum Gasteiger partial charge on any atom is 0.126 e. The molecular formula is C19H24FN3. The SMILES string of the molecule is Nc1ccc(N2CCN(CCCc3ccccc3F)CC2)cc1. The summed E-state index contributed by atoms with van der Waals surface area (Å²) in [6.45, 7) is 5.21. The molecule has 1 heterocycles. The van der Waals surface area contributed by atoms with Crippen molar-refractivity contribution in [1.82, 2.24) is 4.90 Å². The molecule has 1 aliphatic rings. The van der Waals surface area contributed by atoms with Crippen LogP contribution in [0.4, 0.5) is 15.8 Å². The second kappa shape index (κ2) is 7.47. The highest BCUT2D eigenvalue weighted by Gasteiger charge is 2.16. The first-order valence-corrected chi connectivity index (χ1v) is 8.28. The second-order valence-electron chi connectivity index (χ2n) is 6.12. The van der Waals surface area contributed by atoms with Crippen LogP contribution < -0.4 is 10.6 Å². The molecule has 1 fully saturated rings. The number of nitrogen functional groups attached to an aromatic ring is 1. The first-order valence-electron chi connectivity index (χ1n) is 8.28. The highest BCUT2D eigenvalue weighted by atomic mass is 19.1. The van der Waals surface area contributed by atoms with Gasteiger partial charge in [-0.05, 0) is 55.3 Å². The van der Waals surface area contributed by atoms with E-state index in [1.54, 1.807) is 12.1 Å². The van der Waals surface area contributed by atoms with Gasteiger partial charge in [-0.15, -0.1) is 0 Å². The zero-order valence-corrected chi connectivity index (χ0v) is 13.4. The van der Waals surface area contributed by atoms with Crippen molar-refractivity contribution < 1.29 is 4.39 Å². The smallest absolute Gasteiger partial charge is 0.126 e. The Labute approximate surface area is 137 Å². The van der Waals surface area contributed by atoms with Gasteiger partial charge in [-0.25, -0.2) is 4.39 Å². The molecule has 1 saturated heterocycles. The summed E-state index contributed by atoms with van der Waals surface area (Å²) in [5.74, 6) is -0.0827. The Kier molecular flexibility index (Phi) is 5.13. The van der Waals surface area contributed by atoms with Gasteiger partial charge in [0.2, 0.25) is 0 Å². The number of nitrogens with zero attached hydrogens (tertiary/aromatic N) is 2. The van der Waals surface area contributed by atoms with Crippen molar-refractivity contribution in [1.29, 1.82) is 0 Å². The molecule has 3 rings (SSSR count). The molecule has 1 aliphatic heterocycles. The minimum absolute atomic E-state index is 0.0827. The first-order chi connectivity index (χ1) is 11.2. The Hall–Kier alpha value is -2.07. The van der Waals surface area contributed by atoms with E-state index in [2.05, 4.69) is 21.9 Å². The van der Waals surface area contributed by atoms with Crippen LogP contribution in [0.3, 0.4) is 0 Å². The predicted octanol–water partition coefficient (Wildman–Crippen LogP) is 3.16. The van der Waals surface area contributed by atoms with Gasteiger partial charge in [0, 0.05) is 37.6 Å². The Balaban J connectivity index is 1.43. The van der Waals surface area contributed by atoms with E-state index in [0.29, 0.717) is 0 Å². The molecule has 2 N–H and O–H groups in total. The van der Waals surface area contributed by atoms with Gasteiger partial charge in [0.15, 0.2) is 0 Å². The van der Waals surface area contributed by atoms with Crippen molar-refractivity contribution in [3.05, 3.63) is 59.9 Å². The van der Waals surface area contributed by atoms with Crippen LogP contribution in [-0.2, 0) is 6.42 Å². The van der Waals surface area contributed by atoms with Crippen LogP contribution in [0, 0.1) is 5.82 Å². The molecular weight excluding hydrogens is 289 g/mol. The molecule has 23 heavy (non-hydrogen) atoms. The summed E-state index contributed by atoms with van der Waals surface area (Å²) in [5.41, 5.74) is 8.61. The summed E-state index contributed by atoms with van der Waals surface area (Å²) in [5, 5.41) is 0. The average molecular weight is 313 g/mol. The van der Waals surface area contributed by atoms with E-state index in [0.717, 1.165) is 56.8 Å². The summed E-state index contributed by atoms with van der Waals surface area (Å²) in [4.78, 5) is 4.86. The van der Waals surface area contributed by atoms with E-state index in [9.17, 15) is 4.39 Å². The number of rotatable bonds is 5. The van der Waals surface area contributed by atoms with Crippen molar-refractivity contribution in [2.24, 2.45) is 0 Å². The lowest BCUT2D eigenvalue weighted by Crippen LogP contribution is -2.46. The third-order valence-electron chi connectivity index (χ3n) is 4.51. The zero-order valence-electron chi connectivity index (χ0n) is 13.4. The van der Waals surface area contributed by atoms with Crippen molar-refractivity contribution >= 4 is 11.4 Å². The molecule has 2 aromatic rings. The number of anilines is 2. The molecule has 0 amide bonds. The topological polar surface area (TPSA) is 32.5 Å². The van der Waals surface area contributed by atoms with Crippen molar-refractivity contribution in [3.63, 3.8) is 0 Å². The predicted molar refractivity (Wildman–Crippen MR) is 94.2 cm³/mol. The minimum atomic E-state index is -0.0827. The molecule has 2 aromatic carbocycles. The van der Waals surface area contributed by atoms with E-state index in [1.165, 1.54) is 5.69 Å². The summed E-state index contributed by atoms with van der Waals surface area (Å²) in [6.07, 6.45) is 1.81. The standard InChI is InChI=1S/C19H24FN3/c20-19-6-2-1-4-16(19)5-3-11-22-12-14-23(15-13-22)18-9-7-17(21)8-10-18/h1-2,4,6-10H,3,5,11-15,21H2. The number of piperazine rings is 1. The van der Waals surface area contributed by atoms with Gasteiger partial charge in [0.05, 0.1) is 0 Å². The molecule has 0 atom stereocenters. The maximum absolute atomic E-state index is 13.6. The van der Waals surface area contributed by atoms with Crippen LogP contribution in [0.25, 0.3) is 0 Å². The molecule has 0 unspecified atom stereocenters. The summed E-state index contributed by atoms with van der Waals surface area (Å²) < 4.78 is 13.6. The highest BCUT2D eigenvalue weighted by molar-refractivity contribution is 5.53. The largest absolute Gasteiger partial charge is 0.399 e. The van der Waals surface area contributed by atoms with E-state index in [4.69, 9.17) is 5.73 Å². The van der Waals surface area contributed by atoms with Crippen molar-refractivity contribution in [3.8, 4) is 0 Å². The quantitative estimate of drug-likeness (QED) is 0.861. The van der Waals surface area contributed by atoms with E-state index < -0.39 is 0 Å². The van der Waals surface area contributed by atoms with Gasteiger partial charge >= 0.3 is 0 Å². The number of halogens is 1. The van der Waals surface area contributed by atoms with Gasteiger partial charge < -0.3 is 10.6 Å². The van der Waals surface area contributed by atoms with E-state index in [1.807, 2.05) is 24.3 Å². The fourth-order valence-electron chi connectivity index (χ4n) is 3.11. The van der Waals surface area contributed by atoms with Crippen LogP contribution in [0.5, 0.6) is 0 Å². The van der Waals surface area contributed by atoms with Crippen molar-refractivity contribution in [2.75, 3.05) is 43.4 Å². The highest BCUT2D eigenvalue weighted by Crippen LogP contribution is 2.18. The molecule has 0 radical (unpaired) electrons. The van der Waals surface area contributed by atoms with Crippen LogP contribution in [0.2, 0.25) is 0 Å². The number of hydrogen-bond acceptors (Lipinski definition) is 3. The number of benzene rings is 2. The fraction of sp³-hybridized carbons (Fsp3) is 0.368. The average Bonchev–Trinajstić information content (AvgIpc) is 2.58. The fourth-order valence-corrected chi connectivity index (χ4v) is 3.11. The molecule has 122 valence electrons. The van der Waals surface area contributed by atoms with E-state index in [-0.39, 0.29) is 5.82 Å². The van der Waals surface area contributed by atoms with Gasteiger partial charge in [-0.2, -0.15) is 0 Å². The van der Waals surface area contributed by atoms with Crippen LogP contribution in [-0.4, -0.2) is 37.6 Å². The van der Waals surface area contributed by atoms with Crippen LogP contribution in [0.1, 0.15) is 12.0 Å². The normalized spacial score (nSPS) is 15.8. The van der Waals surface area contributed by atoms with Crippen LogP contribution in [0.15, 0.2) is 48.5 Å². The first kappa shape index (κ1) is 15.8. The Morgan fingerprint density at radius 2 is 1.61 bits per heavy atom. The van der Waals surface area contributed by atoms with Gasteiger partial charge in [-0.1, -0.05) is 18.2 Å². The lowest BCUT2D eigenvalue weighted by Gasteiger charge is -2.36. The molecule has 0 spiro atoms. The van der Waals surface area contributed by atoms with Gasteiger partial charge in [-0.3, -0.25) is 4.90 Å². The van der Waals surface area contributed by atoms with E-state index >= 15 is 0 Å². The molecule has 0 aromatic heterocycles. The number of hydrogen-bond donors (Lipinski definition) is 1. The molecule has 3 nitrogen and oxygen atoms in total. The Morgan fingerprint density at radius 1 is 0.913 bits per heavy atom. The third-order valence-corrected chi connectivity index (χ3v) is 4.51. The number of aryl methyl sites for hydroxylation is 1. The summed E-state index contributed by atoms with van der Waals surface area (Å²) in [7, 11) is 0. The molecule has 0 bridgehead atoms. The molecule has 4 heteroatoms. The summed E-state index contributed by atoms with van der Waals surface area (Å²) >= 11 is 0. The Morgan fingerprint density at radius 3 is 2.30 bits per heavy atom. The van der Waals surface area contributed by atoms with Gasteiger partial charge in [0.25, 0.3) is 0 Å². The molecule has 0 aliphatic carbocycles. The van der Waals surface area contributed by atoms with Crippen molar-refractivity contribution in [2.45, 2.75) is 12.8 Å². The zero-order chi connectivity index (χ0) is 16.1. The number of nitrogens with two attached hydrogens (primary N) is 1. The lowest BCUT2D eigenvalue weighted by atomic mass is 10.1.